The maximum absolute atomic E-state index is 12.6. The van der Waals surface area contributed by atoms with Crippen molar-refractivity contribution < 1.29 is 27.4 Å². The number of ether oxygens (including phenoxy) is 3. The van der Waals surface area contributed by atoms with E-state index in [1.165, 1.54) is 33.5 Å². The van der Waals surface area contributed by atoms with Gasteiger partial charge in [-0.15, -0.1) is 0 Å². The number of carbonyl (C=O) groups excluding carboxylic acids is 1. The largest absolute Gasteiger partial charge is 0.495 e. The van der Waals surface area contributed by atoms with E-state index in [0.717, 1.165) is 16.1 Å². The molecule has 0 radical (unpaired) electrons. The number of sulfonamides is 1. The van der Waals surface area contributed by atoms with E-state index < -0.39 is 28.5 Å². The minimum Gasteiger partial charge on any atom is -0.495 e. The Bertz CT molecular complexity index is 1010. The van der Waals surface area contributed by atoms with E-state index in [1.807, 2.05) is 0 Å². The second-order valence-corrected chi connectivity index (χ2v) is 8.81. The lowest BCUT2D eigenvalue weighted by atomic mass is 10.1. The molecule has 0 saturated carbocycles. The van der Waals surface area contributed by atoms with Crippen LogP contribution in [0.2, 0.25) is 5.02 Å². The molecule has 8 nitrogen and oxygen atoms in total. The first kappa shape index (κ1) is 23.6. The summed E-state index contributed by atoms with van der Waals surface area (Å²) in [5.41, 5.74) is 1.04. The number of hydrogen-bond donors (Lipinski definition) is 1. The van der Waals surface area contributed by atoms with Gasteiger partial charge < -0.3 is 19.5 Å². The number of rotatable bonds is 9. The molecule has 0 unspecified atom stereocenters. The van der Waals surface area contributed by atoms with Crippen molar-refractivity contribution in [2.45, 2.75) is 13.0 Å². The summed E-state index contributed by atoms with van der Waals surface area (Å²) in [6, 6.07) is 9.39. The minimum atomic E-state index is -3.73. The van der Waals surface area contributed by atoms with Gasteiger partial charge in [-0.25, -0.2) is 8.42 Å². The summed E-state index contributed by atoms with van der Waals surface area (Å²) in [6.07, 6.45) is 1.02. The van der Waals surface area contributed by atoms with Crippen LogP contribution in [0.25, 0.3) is 0 Å². The number of benzene rings is 2. The normalized spacial score (nSPS) is 12.1. The van der Waals surface area contributed by atoms with Crippen LogP contribution in [0.5, 0.6) is 17.2 Å². The van der Waals surface area contributed by atoms with Crippen molar-refractivity contribution in [1.82, 2.24) is 5.32 Å². The maximum atomic E-state index is 12.6. The van der Waals surface area contributed by atoms with Gasteiger partial charge in [-0.3, -0.25) is 9.10 Å². The van der Waals surface area contributed by atoms with Crippen molar-refractivity contribution in [3.63, 3.8) is 0 Å². The molecule has 30 heavy (non-hydrogen) atoms. The maximum Gasteiger partial charge on any atom is 0.241 e. The molecule has 0 fully saturated rings. The highest BCUT2D eigenvalue weighted by Crippen LogP contribution is 2.31. The first-order chi connectivity index (χ1) is 14.1. The number of nitrogens with zero attached hydrogens (tertiary/aromatic N) is 1. The smallest absolute Gasteiger partial charge is 0.241 e. The van der Waals surface area contributed by atoms with Crippen molar-refractivity contribution in [2.75, 3.05) is 38.4 Å². The number of amides is 1. The highest BCUT2D eigenvalue weighted by Gasteiger charge is 2.23. The lowest BCUT2D eigenvalue weighted by Crippen LogP contribution is -2.41. The monoisotopic (exact) mass is 456 g/mol. The third-order valence-corrected chi connectivity index (χ3v) is 5.83. The van der Waals surface area contributed by atoms with Crippen LogP contribution in [0.15, 0.2) is 36.4 Å². The van der Waals surface area contributed by atoms with E-state index in [-0.39, 0.29) is 10.7 Å². The van der Waals surface area contributed by atoms with E-state index in [1.54, 1.807) is 31.2 Å². The van der Waals surface area contributed by atoms with E-state index in [4.69, 9.17) is 25.8 Å². The fourth-order valence-electron chi connectivity index (χ4n) is 2.83. The van der Waals surface area contributed by atoms with Crippen LogP contribution in [0.4, 0.5) is 5.69 Å². The summed E-state index contributed by atoms with van der Waals surface area (Å²) in [5, 5.41) is 3.03. The van der Waals surface area contributed by atoms with Gasteiger partial charge in [0.05, 0.1) is 44.3 Å². The predicted octanol–water partition coefficient (Wildman–Crippen LogP) is 3.01. The molecular formula is C20H25ClN2O6S. The van der Waals surface area contributed by atoms with E-state index in [0.29, 0.717) is 17.2 Å². The molecule has 0 saturated heterocycles. The van der Waals surface area contributed by atoms with Crippen molar-refractivity contribution in [3.8, 4) is 17.2 Å². The molecule has 2 aromatic rings. The number of anilines is 1. The Balaban J connectivity index is 2.19. The number of hydrogen-bond acceptors (Lipinski definition) is 6. The lowest BCUT2D eigenvalue weighted by molar-refractivity contribution is -0.120. The summed E-state index contributed by atoms with van der Waals surface area (Å²) in [5.74, 6) is 1.02. The summed E-state index contributed by atoms with van der Waals surface area (Å²) in [7, 11) is 0.782. The number of halogens is 1. The Morgan fingerprint density at radius 1 is 1.03 bits per heavy atom. The molecule has 0 aromatic heterocycles. The van der Waals surface area contributed by atoms with Gasteiger partial charge in [0, 0.05) is 0 Å². The zero-order valence-corrected chi connectivity index (χ0v) is 19.0. The standard InChI is InChI=1S/C20H25ClN2O6S/c1-13(14-6-8-18(28-3)19(10-14)29-4)22-20(24)12-23(30(5,25)26)15-7-9-17(27-2)16(21)11-15/h6-11,13H,12H2,1-5H3,(H,22,24)/t13-/m0/s1. The average Bonchev–Trinajstić information content (AvgIpc) is 2.70. The van der Waals surface area contributed by atoms with Gasteiger partial charge in [0.2, 0.25) is 15.9 Å². The van der Waals surface area contributed by atoms with Crippen LogP contribution >= 0.6 is 11.6 Å². The van der Waals surface area contributed by atoms with Gasteiger partial charge >= 0.3 is 0 Å². The molecule has 0 spiro atoms. The third-order valence-electron chi connectivity index (χ3n) is 4.40. The van der Waals surface area contributed by atoms with E-state index in [2.05, 4.69) is 5.32 Å². The second-order valence-electron chi connectivity index (χ2n) is 6.49. The molecule has 164 valence electrons. The Kier molecular flexibility index (Phi) is 7.80. The molecular weight excluding hydrogens is 432 g/mol. The van der Waals surface area contributed by atoms with Crippen LogP contribution in [0.1, 0.15) is 18.5 Å². The lowest BCUT2D eigenvalue weighted by Gasteiger charge is -2.24. The molecule has 1 atom stereocenters. The summed E-state index contributed by atoms with van der Waals surface area (Å²) < 4.78 is 41.1. The Hall–Kier alpha value is -2.65. The zero-order valence-electron chi connectivity index (χ0n) is 17.4. The van der Waals surface area contributed by atoms with E-state index in [9.17, 15) is 13.2 Å². The van der Waals surface area contributed by atoms with Gasteiger partial charge in [-0.2, -0.15) is 0 Å². The van der Waals surface area contributed by atoms with E-state index >= 15 is 0 Å². The molecule has 0 aliphatic rings. The van der Waals surface area contributed by atoms with Crippen LogP contribution in [0.3, 0.4) is 0 Å². The summed E-state index contributed by atoms with van der Waals surface area (Å²) >= 11 is 6.11. The Labute approximate surface area is 181 Å². The Morgan fingerprint density at radius 3 is 2.17 bits per heavy atom. The SMILES string of the molecule is COc1ccc(N(CC(=O)N[C@@H](C)c2ccc(OC)c(OC)c2)S(C)(=O)=O)cc1Cl. The summed E-state index contributed by atoms with van der Waals surface area (Å²) in [4.78, 5) is 12.6. The highest BCUT2D eigenvalue weighted by molar-refractivity contribution is 7.92. The average molecular weight is 457 g/mol. The first-order valence-corrected chi connectivity index (χ1v) is 11.2. The zero-order chi connectivity index (χ0) is 22.5. The van der Waals surface area contributed by atoms with Gasteiger partial charge in [-0.05, 0) is 42.8 Å². The van der Waals surface area contributed by atoms with Crippen molar-refractivity contribution in [2.24, 2.45) is 0 Å². The first-order valence-electron chi connectivity index (χ1n) is 8.93. The third kappa shape index (κ3) is 5.70. The van der Waals surface area contributed by atoms with Gasteiger partial charge in [0.25, 0.3) is 0 Å². The van der Waals surface area contributed by atoms with Crippen molar-refractivity contribution >= 4 is 33.2 Å². The number of methoxy groups -OCH3 is 3. The number of nitrogens with one attached hydrogen (secondary N) is 1. The molecule has 1 amide bonds. The molecule has 0 bridgehead atoms. The van der Waals surface area contributed by atoms with Crippen LogP contribution in [0, 0.1) is 0 Å². The fraction of sp³-hybridized carbons (Fsp3) is 0.350. The van der Waals surface area contributed by atoms with Gasteiger partial charge in [0.1, 0.15) is 12.3 Å². The minimum absolute atomic E-state index is 0.239. The van der Waals surface area contributed by atoms with Gasteiger partial charge in [-0.1, -0.05) is 17.7 Å². The predicted molar refractivity (Wildman–Crippen MR) is 116 cm³/mol. The second kappa shape index (κ2) is 9.90. The molecule has 2 rings (SSSR count). The van der Waals surface area contributed by atoms with Crippen LogP contribution < -0.4 is 23.8 Å². The molecule has 0 heterocycles. The van der Waals surface area contributed by atoms with Crippen molar-refractivity contribution in [3.05, 3.63) is 47.0 Å². The Morgan fingerprint density at radius 2 is 1.63 bits per heavy atom. The van der Waals surface area contributed by atoms with Crippen LogP contribution in [-0.2, 0) is 14.8 Å². The fourth-order valence-corrected chi connectivity index (χ4v) is 3.93. The molecule has 0 aliphatic heterocycles. The molecule has 10 heteroatoms. The number of carbonyl (C=O) groups is 1. The molecule has 2 aromatic carbocycles. The quantitative estimate of drug-likeness (QED) is 0.623. The highest BCUT2D eigenvalue weighted by atomic mass is 35.5. The van der Waals surface area contributed by atoms with Gasteiger partial charge in [0.15, 0.2) is 11.5 Å². The van der Waals surface area contributed by atoms with Crippen LogP contribution in [-0.4, -0.2) is 48.5 Å². The van der Waals surface area contributed by atoms with Crippen molar-refractivity contribution in [1.29, 1.82) is 0 Å². The molecule has 1 N–H and O–H groups in total. The molecule has 0 aliphatic carbocycles. The topological polar surface area (TPSA) is 94.2 Å². The summed E-state index contributed by atoms with van der Waals surface area (Å²) in [6.45, 7) is 1.38.